The summed E-state index contributed by atoms with van der Waals surface area (Å²) in [5, 5.41) is 8.73. The molecule has 0 aromatic heterocycles. The van der Waals surface area contributed by atoms with E-state index in [0.717, 1.165) is 4.90 Å². The molecule has 0 saturated heterocycles. The monoisotopic (exact) mass is 298 g/mol. The van der Waals surface area contributed by atoms with Gasteiger partial charge in [0.05, 0.1) is 11.6 Å². The van der Waals surface area contributed by atoms with Crippen LogP contribution in [0.25, 0.3) is 0 Å². The van der Waals surface area contributed by atoms with Gasteiger partial charge in [-0.3, -0.25) is 4.79 Å². The molecule has 3 nitrogen and oxygen atoms in total. The summed E-state index contributed by atoms with van der Waals surface area (Å²) in [5.41, 5.74) is 1.25. The number of aryl methyl sites for hydroxylation is 1. The summed E-state index contributed by atoms with van der Waals surface area (Å²) < 4.78 is 37.2. The zero-order valence-electron chi connectivity index (χ0n) is 12.0. The molecule has 2 rings (SSSR count). The van der Waals surface area contributed by atoms with Gasteiger partial charge >= 0.3 is 6.18 Å². The van der Waals surface area contributed by atoms with Gasteiger partial charge in [0.2, 0.25) is 5.91 Å². The lowest BCUT2D eigenvalue weighted by molar-refractivity contribution is -0.132. The first kappa shape index (κ1) is 17.0. The molecular weight excluding hydrogens is 281 g/mol. The Hall–Kier alpha value is -2.03. The predicted octanol–water partition coefficient (Wildman–Crippen LogP) is 3.82. The fraction of sp³-hybridized carbons (Fsp3) is 0.467. The maximum Gasteiger partial charge on any atom is 0.406 e. The molecule has 0 saturated carbocycles. The summed E-state index contributed by atoms with van der Waals surface area (Å²) in [6.45, 7) is 2.96. The molecule has 114 valence electrons. The summed E-state index contributed by atoms with van der Waals surface area (Å²) in [6, 6.07) is 6.28. The molecule has 0 bridgehead atoms. The Labute approximate surface area is 122 Å². The van der Waals surface area contributed by atoms with Crippen molar-refractivity contribution in [3.63, 3.8) is 0 Å². The topological polar surface area (TPSA) is 44.1 Å². The number of hydrogen-bond donors (Lipinski definition) is 0. The van der Waals surface area contributed by atoms with E-state index in [1.807, 2.05) is 6.07 Å². The van der Waals surface area contributed by atoms with E-state index >= 15 is 0 Å². The van der Waals surface area contributed by atoms with E-state index in [-0.39, 0.29) is 12.1 Å². The van der Waals surface area contributed by atoms with Gasteiger partial charge in [0.1, 0.15) is 6.54 Å². The maximum absolute atomic E-state index is 12.4. The van der Waals surface area contributed by atoms with Crippen LogP contribution in [0.3, 0.4) is 0 Å². The number of alkyl halides is 3. The number of amides is 1. The fourth-order valence-electron chi connectivity index (χ4n) is 1.98. The molecule has 6 heteroatoms. The van der Waals surface area contributed by atoms with Gasteiger partial charge in [-0.1, -0.05) is 20.3 Å². The van der Waals surface area contributed by atoms with Crippen molar-refractivity contribution in [2.24, 2.45) is 0 Å². The van der Waals surface area contributed by atoms with Gasteiger partial charge in [0.15, 0.2) is 0 Å². The number of fused-ring (bicyclic) bond motifs is 1. The van der Waals surface area contributed by atoms with Crippen LogP contribution in [0, 0.1) is 11.3 Å². The minimum absolute atomic E-state index is 0.0396. The van der Waals surface area contributed by atoms with Crippen molar-refractivity contribution in [1.82, 2.24) is 0 Å². The van der Waals surface area contributed by atoms with E-state index < -0.39 is 18.6 Å². The smallest absolute Gasteiger partial charge is 0.303 e. The third-order valence-electron chi connectivity index (χ3n) is 2.75. The number of carbonyl (C=O) groups excluding carboxylic acids is 1. The minimum Gasteiger partial charge on any atom is -0.303 e. The van der Waals surface area contributed by atoms with Gasteiger partial charge in [-0.25, -0.2) is 0 Å². The first-order valence-electron chi connectivity index (χ1n) is 6.72. The lowest BCUT2D eigenvalue weighted by atomic mass is 9.99. The lowest BCUT2D eigenvalue weighted by Crippen LogP contribution is -2.41. The summed E-state index contributed by atoms with van der Waals surface area (Å²) in [5.74, 6) is -0.537. The highest BCUT2D eigenvalue weighted by Crippen LogP contribution is 2.31. The molecule has 1 aromatic rings. The Bertz CT molecular complexity index is 547. The number of anilines is 1. The summed E-state index contributed by atoms with van der Waals surface area (Å²) in [6.07, 6.45) is -2.77. The lowest BCUT2D eigenvalue weighted by Gasteiger charge is -2.30. The SMILES string of the molecule is CCC.N#Cc1ccc2c(c1)CCC(=O)N2CC(F)(F)F. The van der Waals surface area contributed by atoms with Crippen LogP contribution in [0.2, 0.25) is 0 Å². The van der Waals surface area contributed by atoms with Crippen molar-refractivity contribution in [3.05, 3.63) is 29.3 Å². The largest absolute Gasteiger partial charge is 0.406 e. The molecule has 21 heavy (non-hydrogen) atoms. The highest BCUT2D eigenvalue weighted by Gasteiger charge is 2.36. The number of nitrogens with zero attached hydrogens (tertiary/aromatic N) is 2. The number of halogens is 3. The predicted molar refractivity (Wildman–Crippen MR) is 73.9 cm³/mol. The quantitative estimate of drug-likeness (QED) is 0.791. The molecule has 0 atom stereocenters. The molecule has 0 spiro atoms. The normalized spacial score (nSPS) is 13.9. The third kappa shape index (κ3) is 4.78. The first-order chi connectivity index (χ1) is 9.82. The van der Waals surface area contributed by atoms with Crippen LogP contribution in [-0.2, 0) is 11.2 Å². The van der Waals surface area contributed by atoms with E-state index in [0.29, 0.717) is 17.5 Å². The number of carbonyl (C=O) groups is 1. The zero-order chi connectivity index (χ0) is 16.0. The average molecular weight is 298 g/mol. The van der Waals surface area contributed by atoms with E-state index in [1.54, 1.807) is 0 Å². The van der Waals surface area contributed by atoms with Crippen LogP contribution >= 0.6 is 0 Å². The zero-order valence-corrected chi connectivity index (χ0v) is 12.0. The number of hydrogen-bond acceptors (Lipinski definition) is 2. The molecule has 0 N–H and O–H groups in total. The van der Waals surface area contributed by atoms with Gasteiger partial charge in [0, 0.05) is 12.1 Å². The molecule has 1 amide bonds. The minimum atomic E-state index is -4.43. The van der Waals surface area contributed by atoms with Crippen LogP contribution in [-0.4, -0.2) is 18.6 Å². The Balaban J connectivity index is 0.000000677. The molecule has 0 radical (unpaired) electrons. The van der Waals surface area contributed by atoms with Gasteiger partial charge in [-0.05, 0) is 30.2 Å². The molecule has 0 fully saturated rings. The molecule has 1 aliphatic rings. The Morgan fingerprint density at radius 2 is 1.90 bits per heavy atom. The molecule has 1 aromatic carbocycles. The highest BCUT2D eigenvalue weighted by atomic mass is 19.4. The Morgan fingerprint density at radius 1 is 1.29 bits per heavy atom. The second-order valence-corrected chi connectivity index (χ2v) is 4.76. The van der Waals surface area contributed by atoms with E-state index in [2.05, 4.69) is 13.8 Å². The fourth-order valence-corrected chi connectivity index (χ4v) is 1.98. The number of benzene rings is 1. The average Bonchev–Trinajstić information content (AvgIpc) is 2.41. The number of nitriles is 1. The van der Waals surface area contributed by atoms with E-state index in [1.165, 1.54) is 24.6 Å². The molecular formula is C15H17F3N2O. The summed E-state index contributed by atoms with van der Waals surface area (Å²) in [4.78, 5) is 12.3. The van der Waals surface area contributed by atoms with Crippen LogP contribution in [0.1, 0.15) is 37.8 Å². The van der Waals surface area contributed by atoms with Crippen LogP contribution in [0.4, 0.5) is 18.9 Å². The van der Waals surface area contributed by atoms with E-state index in [9.17, 15) is 18.0 Å². The maximum atomic E-state index is 12.4. The van der Waals surface area contributed by atoms with Crippen molar-refractivity contribution < 1.29 is 18.0 Å². The second kappa shape index (κ2) is 7.11. The molecule has 0 unspecified atom stereocenters. The standard InChI is InChI=1S/C12H9F3N2O.C3H8/c13-12(14,15)7-17-10-3-1-8(6-16)5-9(10)2-4-11(17)18;1-3-2/h1,3,5H,2,4,7H2;3H2,1-2H3. The Morgan fingerprint density at radius 3 is 2.43 bits per heavy atom. The third-order valence-corrected chi connectivity index (χ3v) is 2.75. The van der Waals surface area contributed by atoms with Gasteiger partial charge in [-0.2, -0.15) is 18.4 Å². The van der Waals surface area contributed by atoms with Gasteiger partial charge in [0.25, 0.3) is 0 Å². The van der Waals surface area contributed by atoms with Crippen molar-refractivity contribution in [3.8, 4) is 6.07 Å². The highest BCUT2D eigenvalue weighted by molar-refractivity contribution is 5.96. The molecule has 1 heterocycles. The van der Waals surface area contributed by atoms with Crippen molar-refractivity contribution in [1.29, 1.82) is 5.26 Å². The summed E-state index contributed by atoms with van der Waals surface area (Å²) >= 11 is 0. The van der Waals surface area contributed by atoms with Crippen molar-refractivity contribution in [2.75, 3.05) is 11.4 Å². The second-order valence-electron chi connectivity index (χ2n) is 4.76. The van der Waals surface area contributed by atoms with Crippen molar-refractivity contribution in [2.45, 2.75) is 39.3 Å². The van der Waals surface area contributed by atoms with Crippen molar-refractivity contribution >= 4 is 11.6 Å². The van der Waals surface area contributed by atoms with Crippen LogP contribution in [0.15, 0.2) is 18.2 Å². The van der Waals surface area contributed by atoms with Crippen LogP contribution < -0.4 is 4.90 Å². The molecule has 1 aliphatic heterocycles. The number of rotatable bonds is 1. The van der Waals surface area contributed by atoms with Crippen LogP contribution in [0.5, 0.6) is 0 Å². The molecule has 0 aliphatic carbocycles. The van der Waals surface area contributed by atoms with Gasteiger partial charge in [-0.15, -0.1) is 0 Å². The van der Waals surface area contributed by atoms with Gasteiger partial charge < -0.3 is 4.90 Å². The first-order valence-corrected chi connectivity index (χ1v) is 6.72. The summed E-state index contributed by atoms with van der Waals surface area (Å²) in [7, 11) is 0. The Kier molecular flexibility index (Phi) is 5.77. The van der Waals surface area contributed by atoms with E-state index in [4.69, 9.17) is 5.26 Å².